The van der Waals surface area contributed by atoms with E-state index in [2.05, 4.69) is 58.0 Å². The topological polar surface area (TPSA) is 62.8 Å². The first kappa shape index (κ1) is 27.5. The number of halogens is 1. The number of anilines is 1. The van der Waals surface area contributed by atoms with Crippen molar-refractivity contribution in [1.29, 1.82) is 0 Å². The minimum atomic E-state index is -0.314. The normalized spacial score (nSPS) is 14.1. The van der Waals surface area contributed by atoms with Gasteiger partial charge in [-0.3, -0.25) is 4.79 Å². The summed E-state index contributed by atoms with van der Waals surface area (Å²) in [6, 6.07) is 25.9. The van der Waals surface area contributed by atoms with E-state index in [9.17, 15) is 9.18 Å². The monoisotopic (exact) mass is 541 g/mol. The standard InChI is InChI=1S/C33H36FN3O3/c1-39-33-11-7-24(18-32(33)27-9-8-25-4-2-3-5-26(25)19-27)6-10-30(12-13-36-23-38)40-31-21-28(34)20-29(22-31)37-16-14-35-15-17-37/h2-5,7-9,11,18-23,30,35H,6,10,12-17H2,1H3,(H,36,38). The Kier molecular flexibility index (Phi) is 9.14. The first-order chi connectivity index (χ1) is 19.6. The molecule has 40 heavy (non-hydrogen) atoms. The number of nitrogens with zero attached hydrogens (tertiary/aromatic N) is 1. The molecule has 2 N–H and O–H groups in total. The summed E-state index contributed by atoms with van der Waals surface area (Å²) in [7, 11) is 1.69. The number of rotatable bonds is 12. The van der Waals surface area contributed by atoms with Crippen LogP contribution in [0.2, 0.25) is 0 Å². The third-order valence-electron chi connectivity index (χ3n) is 7.41. The molecule has 1 fully saturated rings. The van der Waals surface area contributed by atoms with Crippen molar-refractivity contribution in [1.82, 2.24) is 10.6 Å². The quantitative estimate of drug-likeness (QED) is 0.181. The molecule has 0 bridgehead atoms. The van der Waals surface area contributed by atoms with Crippen LogP contribution in [0.4, 0.5) is 10.1 Å². The van der Waals surface area contributed by atoms with Gasteiger partial charge < -0.3 is 25.0 Å². The highest BCUT2D eigenvalue weighted by Gasteiger charge is 2.17. The van der Waals surface area contributed by atoms with E-state index >= 15 is 0 Å². The van der Waals surface area contributed by atoms with Gasteiger partial charge in [0.05, 0.1) is 7.11 Å². The lowest BCUT2D eigenvalue weighted by atomic mass is 9.96. The summed E-state index contributed by atoms with van der Waals surface area (Å²) < 4.78 is 26.6. The van der Waals surface area contributed by atoms with E-state index in [1.54, 1.807) is 13.2 Å². The van der Waals surface area contributed by atoms with Crippen molar-refractivity contribution in [3.05, 3.63) is 90.2 Å². The number of methoxy groups -OCH3 is 1. The Balaban J connectivity index is 1.33. The number of amides is 1. The maximum Gasteiger partial charge on any atom is 0.207 e. The van der Waals surface area contributed by atoms with Crippen LogP contribution in [0.25, 0.3) is 21.9 Å². The molecule has 7 heteroatoms. The fourth-order valence-electron chi connectivity index (χ4n) is 5.30. The van der Waals surface area contributed by atoms with Gasteiger partial charge in [0.25, 0.3) is 0 Å². The van der Waals surface area contributed by atoms with Crippen molar-refractivity contribution >= 4 is 22.9 Å². The second kappa shape index (κ2) is 13.3. The second-order valence-electron chi connectivity index (χ2n) is 10.1. The molecule has 0 saturated carbocycles. The molecule has 0 spiro atoms. The van der Waals surface area contributed by atoms with Crippen LogP contribution in [0.1, 0.15) is 18.4 Å². The van der Waals surface area contributed by atoms with Crippen LogP contribution >= 0.6 is 0 Å². The summed E-state index contributed by atoms with van der Waals surface area (Å²) in [4.78, 5) is 13.0. The van der Waals surface area contributed by atoms with E-state index in [-0.39, 0.29) is 11.9 Å². The molecular formula is C33H36FN3O3. The molecule has 1 unspecified atom stereocenters. The molecule has 4 aromatic rings. The molecule has 208 valence electrons. The zero-order valence-corrected chi connectivity index (χ0v) is 22.9. The van der Waals surface area contributed by atoms with E-state index in [1.165, 1.54) is 16.8 Å². The van der Waals surface area contributed by atoms with Gasteiger partial charge in [-0.05, 0) is 59.0 Å². The Morgan fingerprint density at radius 2 is 1.80 bits per heavy atom. The lowest BCUT2D eigenvalue weighted by Gasteiger charge is -2.30. The Morgan fingerprint density at radius 1 is 0.975 bits per heavy atom. The Labute approximate surface area is 235 Å². The first-order valence-electron chi connectivity index (χ1n) is 13.9. The van der Waals surface area contributed by atoms with Gasteiger partial charge in [-0.25, -0.2) is 4.39 Å². The highest BCUT2D eigenvalue weighted by molar-refractivity contribution is 5.88. The molecule has 0 radical (unpaired) electrons. The number of carbonyl (C=O) groups excluding carboxylic acids is 1. The number of piperazine rings is 1. The van der Waals surface area contributed by atoms with Crippen molar-refractivity contribution in [2.45, 2.75) is 25.4 Å². The molecule has 1 atom stereocenters. The van der Waals surface area contributed by atoms with Gasteiger partial charge in [0.15, 0.2) is 0 Å². The van der Waals surface area contributed by atoms with Gasteiger partial charge in [-0.2, -0.15) is 0 Å². The number of fused-ring (bicyclic) bond motifs is 1. The predicted molar refractivity (Wildman–Crippen MR) is 159 cm³/mol. The van der Waals surface area contributed by atoms with Gasteiger partial charge in [0, 0.05) is 62.5 Å². The summed E-state index contributed by atoms with van der Waals surface area (Å²) in [5.74, 6) is 1.02. The van der Waals surface area contributed by atoms with Crippen LogP contribution < -0.4 is 25.0 Å². The molecular weight excluding hydrogens is 505 g/mol. The molecule has 1 aliphatic rings. The number of benzene rings is 4. The van der Waals surface area contributed by atoms with Crippen LogP contribution in [0, 0.1) is 5.82 Å². The average Bonchev–Trinajstić information content (AvgIpc) is 2.99. The minimum absolute atomic E-state index is 0.198. The van der Waals surface area contributed by atoms with Crippen molar-refractivity contribution in [3.63, 3.8) is 0 Å². The molecule has 1 heterocycles. The molecule has 1 aliphatic heterocycles. The van der Waals surface area contributed by atoms with Gasteiger partial charge in [0.1, 0.15) is 23.4 Å². The zero-order valence-electron chi connectivity index (χ0n) is 22.9. The number of nitrogens with one attached hydrogen (secondary N) is 2. The molecule has 1 saturated heterocycles. The van der Waals surface area contributed by atoms with Gasteiger partial charge in [-0.1, -0.05) is 42.5 Å². The highest BCUT2D eigenvalue weighted by atomic mass is 19.1. The highest BCUT2D eigenvalue weighted by Crippen LogP contribution is 2.34. The number of aryl methyl sites for hydroxylation is 1. The Hall–Kier alpha value is -4.10. The summed E-state index contributed by atoms with van der Waals surface area (Å²) >= 11 is 0. The zero-order chi connectivity index (χ0) is 27.7. The SMILES string of the molecule is COc1ccc(CCC(CCNC=O)Oc2cc(F)cc(N3CCNCC3)c2)cc1-c1ccc2ccccc2c1. The predicted octanol–water partition coefficient (Wildman–Crippen LogP) is 5.58. The summed E-state index contributed by atoms with van der Waals surface area (Å²) in [5.41, 5.74) is 4.12. The lowest BCUT2D eigenvalue weighted by molar-refractivity contribution is -0.109. The van der Waals surface area contributed by atoms with Crippen LogP contribution in [0.15, 0.2) is 78.9 Å². The van der Waals surface area contributed by atoms with Gasteiger partial charge in [-0.15, -0.1) is 0 Å². The molecule has 0 aromatic heterocycles. The third kappa shape index (κ3) is 6.90. The third-order valence-corrected chi connectivity index (χ3v) is 7.41. The van der Waals surface area contributed by atoms with Crippen molar-refractivity contribution < 1.29 is 18.7 Å². The van der Waals surface area contributed by atoms with Crippen LogP contribution in [-0.4, -0.2) is 52.3 Å². The van der Waals surface area contributed by atoms with Crippen LogP contribution in [0.5, 0.6) is 11.5 Å². The average molecular weight is 542 g/mol. The second-order valence-corrected chi connectivity index (χ2v) is 10.1. The minimum Gasteiger partial charge on any atom is -0.496 e. The van der Waals surface area contributed by atoms with Gasteiger partial charge >= 0.3 is 0 Å². The number of carbonyl (C=O) groups is 1. The van der Waals surface area contributed by atoms with E-state index in [0.29, 0.717) is 31.5 Å². The van der Waals surface area contributed by atoms with Crippen LogP contribution in [0.3, 0.4) is 0 Å². The lowest BCUT2D eigenvalue weighted by Crippen LogP contribution is -2.43. The summed E-state index contributed by atoms with van der Waals surface area (Å²) in [6.07, 6.45) is 2.59. The number of ether oxygens (including phenoxy) is 2. The molecule has 4 aromatic carbocycles. The molecule has 5 rings (SSSR count). The first-order valence-corrected chi connectivity index (χ1v) is 13.9. The Morgan fingerprint density at radius 3 is 2.60 bits per heavy atom. The van der Waals surface area contributed by atoms with Crippen molar-refractivity contribution in [3.8, 4) is 22.6 Å². The maximum atomic E-state index is 14.6. The summed E-state index contributed by atoms with van der Waals surface area (Å²) in [5, 5.41) is 8.43. The molecule has 0 aliphatic carbocycles. The fraction of sp³-hybridized carbons (Fsp3) is 0.303. The largest absolute Gasteiger partial charge is 0.496 e. The molecule has 1 amide bonds. The number of hydrogen-bond acceptors (Lipinski definition) is 5. The summed E-state index contributed by atoms with van der Waals surface area (Å²) in [6.45, 7) is 3.88. The van der Waals surface area contributed by atoms with E-state index in [1.807, 2.05) is 24.3 Å². The smallest absolute Gasteiger partial charge is 0.207 e. The van der Waals surface area contributed by atoms with Gasteiger partial charge in [0.2, 0.25) is 6.41 Å². The maximum absolute atomic E-state index is 14.6. The van der Waals surface area contributed by atoms with E-state index in [0.717, 1.165) is 60.7 Å². The van der Waals surface area contributed by atoms with Crippen LogP contribution in [-0.2, 0) is 11.2 Å². The Bertz CT molecular complexity index is 1440. The fourth-order valence-corrected chi connectivity index (χ4v) is 5.30. The molecule has 6 nitrogen and oxygen atoms in total. The van der Waals surface area contributed by atoms with E-state index in [4.69, 9.17) is 9.47 Å². The van der Waals surface area contributed by atoms with E-state index < -0.39 is 0 Å². The van der Waals surface area contributed by atoms with Crippen molar-refractivity contribution in [2.75, 3.05) is 44.7 Å². The number of hydrogen-bond donors (Lipinski definition) is 2. The van der Waals surface area contributed by atoms with Crippen molar-refractivity contribution in [2.24, 2.45) is 0 Å².